The number of thiophene rings is 1. The maximum absolute atomic E-state index is 11.8. The highest BCUT2D eigenvalue weighted by molar-refractivity contribution is 7.08. The summed E-state index contributed by atoms with van der Waals surface area (Å²) in [5.41, 5.74) is 6.72. The van der Waals surface area contributed by atoms with Gasteiger partial charge in [0.1, 0.15) is 0 Å². The van der Waals surface area contributed by atoms with Gasteiger partial charge in [-0.15, -0.1) is 12.4 Å². The molecule has 90 valence electrons. The summed E-state index contributed by atoms with van der Waals surface area (Å²) in [6, 6.07) is 2.13. The summed E-state index contributed by atoms with van der Waals surface area (Å²) < 4.78 is 0. The largest absolute Gasteiger partial charge is 0.348 e. The number of carbonyl (C=O) groups excluding carboxylic acids is 1. The highest BCUT2D eigenvalue weighted by Gasteiger charge is 2.23. The van der Waals surface area contributed by atoms with Crippen molar-refractivity contribution >= 4 is 29.7 Å². The topological polar surface area (TPSA) is 55.1 Å². The summed E-state index contributed by atoms with van der Waals surface area (Å²) in [5.74, 6) is 0.0126. The van der Waals surface area contributed by atoms with Crippen LogP contribution in [-0.4, -0.2) is 18.0 Å². The lowest BCUT2D eigenvalue weighted by Gasteiger charge is -2.29. The number of carbonyl (C=O) groups is 1. The second-order valence-electron chi connectivity index (χ2n) is 4.04. The first-order valence-corrected chi connectivity index (χ1v) is 6.30. The minimum absolute atomic E-state index is 0. The van der Waals surface area contributed by atoms with Crippen LogP contribution in [0.15, 0.2) is 16.8 Å². The van der Waals surface area contributed by atoms with Gasteiger partial charge >= 0.3 is 0 Å². The van der Waals surface area contributed by atoms with Crippen molar-refractivity contribution in [3.63, 3.8) is 0 Å². The van der Waals surface area contributed by atoms with Gasteiger partial charge in [-0.05, 0) is 24.3 Å². The molecule has 0 aliphatic heterocycles. The molecule has 1 aromatic heterocycles. The molecule has 1 aromatic rings. The standard InChI is InChI=1S/C11H16N2OS.ClH/c12-9-3-1-2-4-10(9)13-11(14)8-5-6-15-7-8;/h5-7,9-10H,1-4,12H2,(H,13,14);1H. The lowest BCUT2D eigenvalue weighted by atomic mass is 9.91. The smallest absolute Gasteiger partial charge is 0.252 e. The van der Waals surface area contributed by atoms with Gasteiger partial charge in [-0.1, -0.05) is 12.8 Å². The Balaban J connectivity index is 0.00000128. The fraction of sp³-hybridized carbons (Fsp3) is 0.545. The first-order chi connectivity index (χ1) is 7.27. The van der Waals surface area contributed by atoms with Gasteiger partial charge in [-0.2, -0.15) is 11.3 Å². The quantitative estimate of drug-likeness (QED) is 0.856. The fourth-order valence-corrected chi connectivity index (χ4v) is 2.62. The van der Waals surface area contributed by atoms with Gasteiger partial charge in [-0.3, -0.25) is 4.79 Å². The lowest BCUT2D eigenvalue weighted by molar-refractivity contribution is 0.0922. The van der Waals surface area contributed by atoms with E-state index in [2.05, 4.69) is 5.32 Å². The van der Waals surface area contributed by atoms with Crippen LogP contribution in [0.3, 0.4) is 0 Å². The normalized spacial score (nSPS) is 24.6. The molecule has 1 saturated carbocycles. The van der Waals surface area contributed by atoms with E-state index < -0.39 is 0 Å². The second kappa shape index (κ2) is 6.23. The number of amides is 1. The minimum atomic E-state index is 0. The molecule has 0 saturated heterocycles. The Hall–Kier alpha value is -0.580. The highest BCUT2D eigenvalue weighted by Crippen LogP contribution is 2.17. The van der Waals surface area contributed by atoms with Crippen molar-refractivity contribution < 1.29 is 4.79 Å². The van der Waals surface area contributed by atoms with Crippen LogP contribution in [-0.2, 0) is 0 Å². The minimum Gasteiger partial charge on any atom is -0.348 e. The van der Waals surface area contributed by atoms with Crippen LogP contribution in [0, 0.1) is 0 Å². The van der Waals surface area contributed by atoms with Crippen LogP contribution < -0.4 is 11.1 Å². The molecule has 2 unspecified atom stereocenters. The van der Waals surface area contributed by atoms with Crippen molar-refractivity contribution in [2.75, 3.05) is 0 Å². The summed E-state index contributed by atoms with van der Waals surface area (Å²) in [5, 5.41) is 6.79. The maximum atomic E-state index is 11.8. The van der Waals surface area contributed by atoms with Gasteiger partial charge in [0.15, 0.2) is 0 Å². The van der Waals surface area contributed by atoms with E-state index in [0.29, 0.717) is 0 Å². The van der Waals surface area contributed by atoms with E-state index in [1.165, 1.54) is 24.2 Å². The Morgan fingerprint density at radius 3 is 2.81 bits per heavy atom. The number of nitrogens with two attached hydrogens (primary N) is 1. The Labute approximate surface area is 106 Å². The highest BCUT2D eigenvalue weighted by atomic mass is 35.5. The zero-order valence-electron chi connectivity index (χ0n) is 9.02. The van der Waals surface area contributed by atoms with Crippen molar-refractivity contribution in [3.05, 3.63) is 22.4 Å². The Bertz CT molecular complexity index is 329. The van der Waals surface area contributed by atoms with Gasteiger partial charge < -0.3 is 11.1 Å². The van der Waals surface area contributed by atoms with E-state index in [1.807, 2.05) is 16.8 Å². The zero-order chi connectivity index (χ0) is 10.7. The van der Waals surface area contributed by atoms with Crippen molar-refractivity contribution in [1.82, 2.24) is 5.32 Å². The Kier molecular flexibility index (Phi) is 5.25. The number of hydrogen-bond donors (Lipinski definition) is 2. The van der Waals surface area contributed by atoms with Gasteiger partial charge in [0.05, 0.1) is 0 Å². The molecular weight excluding hydrogens is 244 g/mol. The van der Waals surface area contributed by atoms with Crippen LogP contribution in [0.1, 0.15) is 36.0 Å². The maximum Gasteiger partial charge on any atom is 0.252 e. The van der Waals surface area contributed by atoms with E-state index in [-0.39, 0.29) is 30.4 Å². The predicted octanol–water partition coefficient (Wildman–Crippen LogP) is 2.17. The van der Waals surface area contributed by atoms with Gasteiger partial charge in [0.25, 0.3) is 5.91 Å². The van der Waals surface area contributed by atoms with E-state index in [9.17, 15) is 4.79 Å². The predicted molar refractivity (Wildman–Crippen MR) is 69.3 cm³/mol. The first kappa shape index (κ1) is 13.5. The number of halogens is 1. The molecular formula is C11H17ClN2OS. The van der Waals surface area contributed by atoms with Gasteiger partial charge in [0, 0.05) is 23.0 Å². The average molecular weight is 261 g/mol. The summed E-state index contributed by atoms with van der Waals surface area (Å²) in [6.45, 7) is 0. The molecule has 16 heavy (non-hydrogen) atoms. The van der Waals surface area contributed by atoms with Crippen LogP contribution in [0.25, 0.3) is 0 Å². The first-order valence-electron chi connectivity index (χ1n) is 5.36. The summed E-state index contributed by atoms with van der Waals surface area (Å²) in [4.78, 5) is 11.8. The number of nitrogens with one attached hydrogen (secondary N) is 1. The van der Waals surface area contributed by atoms with Gasteiger partial charge in [0.2, 0.25) is 0 Å². The van der Waals surface area contributed by atoms with E-state index in [1.54, 1.807) is 0 Å². The molecule has 1 amide bonds. The monoisotopic (exact) mass is 260 g/mol. The molecule has 0 radical (unpaired) electrons. The molecule has 5 heteroatoms. The SMILES string of the molecule is Cl.NC1CCCCC1NC(=O)c1ccsc1. The molecule has 1 heterocycles. The molecule has 3 nitrogen and oxygen atoms in total. The van der Waals surface area contributed by atoms with Gasteiger partial charge in [-0.25, -0.2) is 0 Å². The van der Waals surface area contributed by atoms with E-state index in [0.717, 1.165) is 18.4 Å². The van der Waals surface area contributed by atoms with Crippen molar-refractivity contribution in [3.8, 4) is 0 Å². The van der Waals surface area contributed by atoms with Crippen molar-refractivity contribution in [2.24, 2.45) is 5.73 Å². The van der Waals surface area contributed by atoms with Crippen LogP contribution >= 0.6 is 23.7 Å². The molecule has 1 aliphatic rings. The molecule has 2 rings (SSSR count). The second-order valence-corrected chi connectivity index (χ2v) is 4.82. The third-order valence-electron chi connectivity index (χ3n) is 2.92. The van der Waals surface area contributed by atoms with Crippen LogP contribution in [0.5, 0.6) is 0 Å². The Morgan fingerprint density at radius 2 is 2.19 bits per heavy atom. The lowest BCUT2D eigenvalue weighted by Crippen LogP contribution is -2.49. The summed E-state index contributed by atoms with van der Waals surface area (Å²) in [6.07, 6.45) is 4.39. The van der Waals surface area contributed by atoms with E-state index in [4.69, 9.17) is 5.73 Å². The van der Waals surface area contributed by atoms with Crippen molar-refractivity contribution in [1.29, 1.82) is 0 Å². The molecule has 0 spiro atoms. The van der Waals surface area contributed by atoms with Crippen LogP contribution in [0.2, 0.25) is 0 Å². The average Bonchev–Trinajstić information content (AvgIpc) is 2.74. The summed E-state index contributed by atoms with van der Waals surface area (Å²) >= 11 is 1.54. The third kappa shape index (κ3) is 3.20. The van der Waals surface area contributed by atoms with E-state index >= 15 is 0 Å². The zero-order valence-corrected chi connectivity index (χ0v) is 10.7. The molecule has 1 aliphatic carbocycles. The molecule has 0 bridgehead atoms. The summed E-state index contributed by atoms with van der Waals surface area (Å²) in [7, 11) is 0. The number of hydrogen-bond acceptors (Lipinski definition) is 3. The Morgan fingerprint density at radius 1 is 1.44 bits per heavy atom. The fourth-order valence-electron chi connectivity index (χ4n) is 1.98. The molecule has 3 N–H and O–H groups in total. The molecule has 1 fully saturated rings. The molecule has 0 aromatic carbocycles. The number of rotatable bonds is 2. The third-order valence-corrected chi connectivity index (χ3v) is 3.60. The van der Waals surface area contributed by atoms with Crippen molar-refractivity contribution in [2.45, 2.75) is 37.8 Å². The van der Waals surface area contributed by atoms with Crippen LogP contribution in [0.4, 0.5) is 0 Å². The molecule has 2 atom stereocenters.